The van der Waals surface area contributed by atoms with Crippen LogP contribution in [0.1, 0.15) is 46.4 Å². The van der Waals surface area contributed by atoms with E-state index in [-0.39, 0.29) is 23.5 Å². The zero-order valence-corrected chi connectivity index (χ0v) is 15.2. The molecule has 0 radical (unpaired) electrons. The van der Waals surface area contributed by atoms with Crippen molar-refractivity contribution < 1.29 is 13.2 Å². The number of rotatable bonds is 2. The zero-order valence-electron chi connectivity index (χ0n) is 14.3. The lowest BCUT2D eigenvalue weighted by atomic mass is 9.89. The molecule has 1 atom stereocenters. The number of hydrogen-bond acceptors (Lipinski definition) is 4. The summed E-state index contributed by atoms with van der Waals surface area (Å²) in [7, 11) is -3.02. The molecule has 0 spiro atoms. The molecule has 1 saturated heterocycles. The minimum absolute atomic E-state index is 0.0446. The number of carbonyl (C=O) groups excluding carboxylic acids is 1. The predicted molar refractivity (Wildman–Crippen MR) is 97.6 cm³/mol. The van der Waals surface area contributed by atoms with E-state index in [2.05, 4.69) is 5.32 Å². The highest BCUT2D eigenvalue weighted by Gasteiger charge is 2.31. The van der Waals surface area contributed by atoms with Crippen molar-refractivity contribution in [2.24, 2.45) is 0 Å². The van der Waals surface area contributed by atoms with Crippen LogP contribution in [0.4, 0.5) is 0 Å². The van der Waals surface area contributed by atoms with Crippen LogP contribution < -0.4 is 5.32 Å². The molecule has 2 aromatic rings. The van der Waals surface area contributed by atoms with Crippen molar-refractivity contribution in [3.63, 3.8) is 0 Å². The topological polar surface area (TPSA) is 76.1 Å². The maximum Gasteiger partial charge on any atom is 0.252 e. The molecule has 4 rings (SSSR count). The van der Waals surface area contributed by atoms with Gasteiger partial charge in [-0.05, 0) is 56.7 Å². The Morgan fingerprint density at radius 1 is 1.24 bits per heavy atom. The van der Waals surface area contributed by atoms with Gasteiger partial charge in [0.25, 0.3) is 5.91 Å². The molecule has 2 aliphatic rings. The van der Waals surface area contributed by atoms with Gasteiger partial charge in [0, 0.05) is 17.1 Å². The van der Waals surface area contributed by atoms with Gasteiger partial charge in [-0.2, -0.15) is 0 Å². The number of nitrogens with one attached hydrogen (secondary N) is 1. The lowest BCUT2D eigenvalue weighted by molar-refractivity contribution is 0.0941. The van der Waals surface area contributed by atoms with E-state index < -0.39 is 9.84 Å². The molecule has 1 fully saturated rings. The molecule has 0 saturated carbocycles. The molecule has 0 bridgehead atoms. The Balaban J connectivity index is 1.79. The number of hydrogen-bond donors (Lipinski definition) is 1. The van der Waals surface area contributed by atoms with E-state index in [1.807, 2.05) is 25.1 Å². The van der Waals surface area contributed by atoms with Crippen molar-refractivity contribution in [3.8, 4) is 0 Å². The summed E-state index contributed by atoms with van der Waals surface area (Å²) in [5, 5.41) is 3.84. The first-order valence-corrected chi connectivity index (χ1v) is 10.7. The SMILES string of the molecule is Cc1ccc2nc3c(c(C(=O)NC4CCS(=O)(=O)C4)c2c1)CCCC3. The van der Waals surface area contributed by atoms with Gasteiger partial charge in [-0.25, -0.2) is 8.42 Å². The summed E-state index contributed by atoms with van der Waals surface area (Å²) in [5.74, 6) is 0.0492. The van der Waals surface area contributed by atoms with E-state index in [1.54, 1.807) is 0 Å². The number of benzene rings is 1. The molecule has 1 amide bonds. The number of nitrogens with zero attached hydrogens (tertiary/aromatic N) is 1. The van der Waals surface area contributed by atoms with Crippen LogP contribution in [0.15, 0.2) is 18.2 Å². The van der Waals surface area contributed by atoms with Crippen molar-refractivity contribution in [2.75, 3.05) is 11.5 Å². The van der Waals surface area contributed by atoms with Crippen LogP contribution in [0, 0.1) is 6.92 Å². The molecule has 1 aromatic heterocycles. The van der Waals surface area contributed by atoms with Crippen LogP contribution in [-0.4, -0.2) is 36.9 Å². The first-order chi connectivity index (χ1) is 11.9. The molecule has 1 aliphatic heterocycles. The average Bonchev–Trinajstić information content (AvgIpc) is 2.91. The fourth-order valence-electron chi connectivity index (χ4n) is 3.96. The van der Waals surface area contributed by atoms with Gasteiger partial charge in [0.2, 0.25) is 0 Å². The smallest absolute Gasteiger partial charge is 0.252 e. The molecular weight excluding hydrogens is 336 g/mol. The monoisotopic (exact) mass is 358 g/mol. The summed E-state index contributed by atoms with van der Waals surface area (Å²) < 4.78 is 23.4. The number of amides is 1. The number of aromatic nitrogens is 1. The molecule has 2 heterocycles. The van der Waals surface area contributed by atoms with Crippen molar-refractivity contribution in [1.82, 2.24) is 10.3 Å². The van der Waals surface area contributed by atoms with Gasteiger partial charge in [-0.3, -0.25) is 9.78 Å². The minimum atomic E-state index is -3.02. The molecule has 1 aromatic carbocycles. The van der Waals surface area contributed by atoms with Crippen LogP contribution in [-0.2, 0) is 22.7 Å². The molecule has 1 aliphatic carbocycles. The maximum atomic E-state index is 13.1. The third-order valence-corrected chi connectivity index (χ3v) is 6.98. The van der Waals surface area contributed by atoms with Crippen LogP contribution >= 0.6 is 0 Å². The lowest BCUT2D eigenvalue weighted by Gasteiger charge is -2.21. The number of aryl methyl sites for hydroxylation is 2. The summed E-state index contributed by atoms with van der Waals surface area (Å²) in [4.78, 5) is 17.9. The lowest BCUT2D eigenvalue weighted by Crippen LogP contribution is -2.36. The zero-order chi connectivity index (χ0) is 17.6. The van der Waals surface area contributed by atoms with Crippen LogP contribution in [0.5, 0.6) is 0 Å². The van der Waals surface area contributed by atoms with E-state index in [9.17, 15) is 13.2 Å². The van der Waals surface area contributed by atoms with Crippen LogP contribution in [0.25, 0.3) is 10.9 Å². The number of fused-ring (bicyclic) bond motifs is 2. The predicted octanol–water partition coefficient (Wildman–Crippen LogP) is 2.34. The fraction of sp³-hybridized carbons (Fsp3) is 0.474. The van der Waals surface area contributed by atoms with E-state index in [0.29, 0.717) is 12.0 Å². The molecule has 5 nitrogen and oxygen atoms in total. The molecule has 1 N–H and O–H groups in total. The van der Waals surface area contributed by atoms with Crippen LogP contribution in [0.2, 0.25) is 0 Å². The standard InChI is InChI=1S/C19H22N2O3S/c1-12-6-7-17-15(10-12)18(14-4-2-3-5-16(14)21-17)19(22)20-13-8-9-25(23,24)11-13/h6-7,10,13H,2-5,8-9,11H2,1H3,(H,20,22). The third kappa shape index (κ3) is 3.15. The van der Waals surface area contributed by atoms with E-state index in [0.717, 1.165) is 53.4 Å². The molecule has 6 heteroatoms. The average molecular weight is 358 g/mol. The van der Waals surface area contributed by atoms with E-state index in [1.165, 1.54) is 0 Å². The summed E-state index contributed by atoms with van der Waals surface area (Å²) in [6.07, 6.45) is 4.41. The molecular formula is C19H22N2O3S. The second-order valence-electron chi connectivity index (χ2n) is 7.21. The normalized spacial score (nSPS) is 21.9. The van der Waals surface area contributed by atoms with Crippen molar-refractivity contribution >= 4 is 26.6 Å². The highest BCUT2D eigenvalue weighted by Crippen LogP contribution is 2.30. The second kappa shape index (κ2) is 6.09. The van der Waals surface area contributed by atoms with Gasteiger partial charge in [-0.1, -0.05) is 11.6 Å². The molecule has 132 valence electrons. The Kier molecular flexibility index (Phi) is 4.02. The first-order valence-electron chi connectivity index (χ1n) is 8.86. The van der Waals surface area contributed by atoms with Gasteiger partial charge in [-0.15, -0.1) is 0 Å². The largest absolute Gasteiger partial charge is 0.348 e. The van der Waals surface area contributed by atoms with Crippen LogP contribution in [0.3, 0.4) is 0 Å². The van der Waals surface area contributed by atoms with Gasteiger partial charge in [0.1, 0.15) is 0 Å². The van der Waals surface area contributed by atoms with E-state index >= 15 is 0 Å². The van der Waals surface area contributed by atoms with Crippen molar-refractivity contribution in [2.45, 2.75) is 45.1 Å². The second-order valence-corrected chi connectivity index (χ2v) is 9.44. The van der Waals surface area contributed by atoms with Gasteiger partial charge < -0.3 is 5.32 Å². The number of carbonyl (C=O) groups is 1. The quantitative estimate of drug-likeness (QED) is 0.894. The van der Waals surface area contributed by atoms with Gasteiger partial charge in [0.05, 0.1) is 22.6 Å². The summed E-state index contributed by atoms with van der Waals surface area (Å²) in [5.41, 5.74) is 4.69. The first kappa shape index (κ1) is 16.5. The summed E-state index contributed by atoms with van der Waals surface area (Å²) in [6.45, 7) is 2.00. The fourth-order valence-corrected chi connectivity index (χ4v) is 5.64. The Hall–Kier alpha value is -1.95. The van der Waals surface area contributed by atoms with Gasteiger partial charge in [0.15, 0.2) is 9.84 Å². The third-order valence-electron chi connectivity index (χ3n) is 5.21. The molecule has 25 heavy (non-hydrogen) atoms. The highest BCUT2D eigenvalue weighted by atomic mass is 32.2. The molecule has 1 unspecified atom stereocenters. The van der Waals surface area contributed by atoms with Crippen molar-refractivity contribution in [1.29, 1.82) is 0 Å². The minimum Gasteiger partial charge on any atom is -0.348 e. The van der Waals surface area contributed by atoms with Crippen molar-refractivity contribution in [3.05, 3.63) is 40.6 Å². The maximum absolute atomic E-state index is 13.1. The summed E-state index contributed by atoms with van der Waals surface area (Å²) >= 11 is 0. The van der Waals surface area contributed by atoms with E-state index in [4.69, 9.17) is 4.98 Å². The summed E-state index contributed by atoms with van der Waals surface area (Å²) in [6, 6.07) is 5.70. The Morgan fingerprint density at radius 3 is 2.80 bits per heavy atom. The van der Waals surface area contributed by atoms with Gasteiger partial charge >= 0.3 is 0 Å². The Morgan fingerprint density at radius 2 is 2.04 bits per heavy atom. The Bertz CT molecular complexity index is 966. The number of sulfone groups is 1. The highest BCUT2D eigenvalue weighted by molar-refractivity contribution is 7.91. The Labute approximate surface area is 147 Å². The number of pyridine rings is 1.